The minimum absolute atomic E-state index is 0.552. The van der Waals surface area contributed by atoms with E-state index in [1.54, 1.807) is 6.20 Å². The number of nitriles is 1. The van der Waals surface area contributed by atoms with Gasteiger partial charge in [-0.3, -0.25) is 4.90 Å². The maximum Gasteiger partial charge on any atom is 0.128 e. The molecule has 0 bridgehead atoms. The van der Waals surface area contributed by atoms with Gasteiger partial charge in [0.1, 0.15) is 11.0 Å². The van der Waals surface area contributed by atoms with Crippen molar-refractivity contribution in [2.24, 2.45) is 13.0 Å². The largest absolute Gasteiger partial charge is 0.321 e. The van der Waals surface area contributed by atoms with Gasteiger partial charge in [0.25, 0.3) is 0 Å². The topological polar surface area (TPSA) is 44.9 Å². The first-order chi connectivity index (χ1) is 8.54. The Morgan fingerprint density at radius 1 is 1.50 bits per heavy atom. The summed E-state index contributed by atoms with van der Waals surface area (Å²) in [4.78, 5) is 6.56. The van der Waals surface area contributed by atoms with Crippen LogP contribution < -0.4 is 0 Å². The number of rotatable bonds is 7. The highest BCUT2D eigenvalue weighted by Gasteiger charge is 2.11. The first-order valence-electron chi connectivity index (χ1n) is 6.30. The average molecular weight is 269 g/mol. The van der Waals surface area contributed by atoms with Crippen LogP contribution in [0.1, 0.15) is 32.5 Å². The van der Waals surface area contributed by atoms with Gasteiger partial charge in [0.15, 0.2) is 0 Å². The van der Waals surface area contributed by atoms with Crippen LogP contribution in [0, 0.1) is 17.2 Å². The van der Waals surface area contributed by atoms with Gasteiger partial charge in [-0.25, -0.2) is 4.98 Å². The Balaban J connectivity index is 2.60. The highest BCUT2D eigenvalue weighted by Crippen LogP contribution is 2.12. The minimum Gasteiger partial charge on any atom is -0.321 e. The molecule has 1 heterocycles. The van der Waals surface area contributed by atoms with E-state index in [1.807, 2.05) is 11.6 Å². The number of hydrogen-bond donors (Lipinski definition) is 0. The fraction of sp³-hybridized carbons (Fsp3) is 0.692. The number of halogens is 1. The van der Waals surface area contributed by atoms with E-state index in [1.165, 1.54) is 0 Å². The predicted octanol–water partition coefficient (Wildman–Crippen LogP) is 2.84. The molecule has 1 rings (SSSR count). The van der Waals surface area contributed by atoms with Crippen LogP contribution in [0.4, 0.5) is 0 Å². The maximum absolute atomic E-state index is 8.70. The zero-order valence-corrected chi connectivity index (χ0v) is 12.1. The Bertz CT molecular complexity index is 406. The van der Waals surface area contributed by atoms with Crippen molar-refractivity contribution in [3.8, 4) is 6.07 Å². The second-order valence-corrected chi connectivity index (χ2v) is 5.31. The summed E-state index contributed by atoms with van der Waals surface area (Å²) in [7, 11) is 1.91. The van der Waals surface area contributed by atoms with Gasteiger partial charge in [-0.2, -0.15) is 5.26 Å². The van der Waals surface area contributed by atoms with Crippen LogP contribution >= 0.6 is 11.6 Å². The SMILES string of the molecule is CC(C)CCN(CCC#N)Cc1ncc(Cl)n1C. The van der Waals surface area contributed by atoms with Crippen molar-refractivity contribution in [3.63, 3.8) is 0 Å². The van der Waals surface area contributed by atoms with Crippen LogP contribution in [-0.2, 0) is 13.6 Å². The molecule has 0 N–H and O–H groups in total. The van der Waals surface area contributed by atoms with Crippen LogP contribution in [0.15, 0.2) is 6.20 Å². The highest BCUT2D eigenvalue weighted by atomic mass is 35.5. The lowest BCUT2D eigenvalue weighted by Gasteiger charge is -2.21. The molecule has 18 heavy (non-hydrogen) atoms. The maximum atomic E-state index is 8.70. The standard InChI is InChI=1S/C13H21ClN4/c1-11(2)5-8-18(7-4-6-15)10-13-16-9-12(14)17(13)3/h9,11H,4-5,7-8,10H2,1-3H3. The summed E-state index contributed by atoms with van der Waals surface area (Å²) >= 11 is 5.97. The van der Waals surface area contributed by atoms with Gasteiger partial charge < -0.3 is 4.57 Å². The first-order valence-corrected chi connectivity index (χ1v) is 6.67. The van der Waals surface area contributed by atoms with Crippen LogP contribution in [0.5, 0.6) is 0 Å². The second-order valence-electron chi connectivity index (χ2n) is 4.92. The smallest absolute Gasteiger partial charge is 0.128 e. The quantitative estimate of drug-likeness (QED) is 0.764. The zero-order valence-electron chi connectivity index (χ0n) is 11.4. The van der Waals surface area contributed by atoms with Crippen LogP contribution in [0.3, 0.4) is 0 Å². The summed E-state index contributed by atoms with van der Waals surface area (Å²) in [5, 5.41) is 9.35. The molecule has 0 aliphatic carbocycles. The normalized spacial score (nSPS) is 11.2. The molecule has 0 saturated carbocycles. The van der Waals surface area contributed by atoms with Crippen molar-refractivity contribution in [2.45, 2.75) is 33.2 Å². The number of aromatic nitrogens is 2. The third-order valence-corrected chi connectivity index (χ3v) is 3.31. The molecule has 4 nitrogen and oxygen atoms in total. The van der Waals surface area contributed by atoms with Crippen molar-refractivity contribution < 1.29 is 0 Å². The molecule has 0 aromatic carbocycles. The van der Waals surface area contributed by atoms with E-state index in [0.717, 1.165) is 31.9 Å². The summed E-state index contributed by atoms with van der Waals surface area (Å²) in [6, 6.07) is 2.20. The van der Waals surface area contributed by atoms with E-state index in [-0.39, 0.29) is 0 Å². The molecular formula is C13H21ClN4. The van der Waals surface area contributed by atoms with Gasteiger partial charge in [0.05, 0.1) is 18.8 Å². The summed E-state index contributed by atoms with van der Waals surface area (Å²) in [6.07, 6.45) is 3.35. The highest BCUT2D eigenvalue weighted by molar-refractivity contribution is 6.29. The summed E-state index contributed by atoms with van der Waals surface area (Å²) < 4.78 is 1.89. The molecule has 0 fully saturated rings. The van der Waals surface area contributed by atoms with E-state index < -0.39 is 0 Å². The van der Waals surface area contributed by atoms with Crippen LogP contribution in [0.2, 0.25) is 5.15 Å². The lowest BCUT2D eigenvalue weighted by molar-refractivity contribution is 0.247. The van der Waals surface area contributed by atoms with Gasteiger partial charge in [-0.05, 0) is 18.9 Å². The fourth-order valence-electron chi connectivity index (χ4n) is 1.69. The Morgan fingerprint density at radius 3 is 2.72 bits per heavy atom. The van der Waals surface area contributed by atoms with Gasteiger partial charge in [-0.1, -0.05) is 25.4 Å². The fourth-order valence-corrected chi connectivity index (χ4v) is 1.84. The number of imidazole rings is 1. The number of hydrogen-bond acceptors (Lipinski definition) is 3. The monoisotopic (exact) mass is 268 g/mol. The van der Waals surface area contributed by atoms with Gasteiger partial charge in [0, 0.05) is 20.0 Å². The van der Waals surface area contributed by atoms with E-state index in [9.17, 15) is 0 Å². The molecule has 0 unspecified atom stereocenters. The summed E-state index contributed by atoms with van der Waals surface area (Å²) in [5.74, 6) is 1.61. The summed E-state index contributed by atoms with van der Waals surface area (Å²) in [6.45, 7) is 6.94. The number of nitrogens with zero attached hydrogens (tertiary/aromatic N) is 4. The second kappa shape index (κ2) is 7.40. The molecule has 0 aliphatic heterocycles. The zero-order chi connectivity index (χ0) is 13.5. The van der Waals surface area contributed by atoms with E-state index >= 15 is 0 Å². The molecule has 0 spiro atoms. The minimum atomic E-state index is 0.552. The predicted molar refractivity (Wildman–Crippen MR) is 73.2 cm³/mol. The Kier molecular flexibility index (Phi) is 6.17. The third kappa shape index (κ3) is 4.67. The van der Waals surface area contributed by atoms with Gasteiger partial charge in [0.2, 0.25) is 0 Å². The molecule has 0 atom stereocenters. The molecule has 0 amide bonds. The van der Waals surface area contributed by atoms with Crippen LogP contribution in [0.25, 0.3) is 0 Å². The van der Waals surface area contributed by atoms with Gasteiger partial charge in [-0.15, -0.1) is 0 Å². The van der Waals surface area contributed by atoms with E-state index in [2.05, 4.69) is 29.8 Å². The van der Waals surface area contributed by atoms with Crippen LogP contribution in [-0.4, -0.2) is 27.5 Å². The van der Waals surface area contributed by atoms with Crippen molar-refractivity contribution in [3.05, 3.63) is 17.2 Å². The molecule has 100 valence electrons. The van der Waals surface area contributed by atoms with Crippen molar-refractivity contribution in [1.82, 2.24) is 14.5 Å². The first kappa shape index (κ1) is 15.0. The Hall–Kier alpha value is -1.05. The molecule has 0 saturated heterocycles. The Labute approximate surface area is 114 Å². The van der Waals surface area contributed by atoms with E-state index in [0.29, 0.717) is 17.5 Å². The van der Waals surface area contributed by atoms with Crippen molar-refractivity contribution in [2.75, 3.05) is 13.1 Å². The van der Waals surface area contributed by atoms with Gasteiger partial charge >= 0.3 is 0 Å². The molecule has 0 aliphatic rings. The lowest BCUT2D eigenvalue weighted by atomic mass is 10.1. The lowest BCUT2D eigenvalue weighted by Crippen LogP contribution is -2.27. The summed E-state index contributed by atoms with van der Waals surface area (Å²) in [5.41, 5.74) is 0. The molecular weight excluding hydrogens is 248 g/mol. The molecule has 0 radical (unpaired) electrons. The molecule has 1 aromatic heterocycles. The third-order valence-electron chi connectivity index (χ3n) is 2.96. The van der Waals surface area contributed by atoms with E-state index in [4.69, 9.17) is 16.9 Å². The average Bonchev–Trinajstić information content (AvgIpc) is 2.64. The Morgan fingerprint density at radius 2 is 2.22 bits per heavy atom. The van der Waals surface area contributed by atoms with Crippen molar-refractivity contribution >= 4 is 11.6 Å². The molecule has 1 aromatic rings. The molecule has 5 heteroatoms. The van der Waals surface area contributed by atoms with Crippen molar-refractivity contribution in [1.29, 1.82) is 5.26 Å².